The van der Waals surface area contributed by atoms with Crippen LogP contribution in [0.5, 0.6) is 11.5 Å². The van der Waals surface area contributed by atoms with Gasteiger partial charge < -0.3 is 9.47 Å². The molecule has 5 aromatic rings. The zero-order valence-electron chi connectivity index (χ0n) is 19.4. The molecule has 0 bridgehead atoms. The fourth-order valence-corrected chi connectivity index (χ4v) is 4.92. The zero-order valence-corrected chi connectivity index (χ0v) is 21.0. The zero-order chi connectivity index (χ0) is 24.9. The standard InChI is InChI=1S/C28H22ClN3O3S/c1-34-25-15-14-20(29)16-23(25)24(33)18-36-28-31-30-27(32(28)21-10-3-2-4-11-21)17-35-26-13-7-9-19-8-5-6-12-22(19)26/h2-16H,17-18H2,1H3. The van der Waals surface area contributed by atoms with Crippen LogP contribution < -0.4 is 9.47 Å². The summed E-state index contributed by atoms with van der Waals surface area (Å²) in [4.78, 5) is 13.0. The summed E-state index contributed by atoms with van der Waals surface area (Å²) in [5.74, 6) is 1.91. The number of hydrogen-bond acceptors (Lipinski definition) is 6. The minimum absolute atomic E-state index is 0.115. The Labute approximate surface area is 217 Å². The summed E-state index contributed by atoms with van der Waals surface area (Å²) < 4.78 is 13.4. The maximum Gasteiger partial charge on any atom is 0.196 e. The van der Waals surface area contributed by atoms with Gasteiger partial charge in [-0.1, -0.05) is 78.0 Å². The lowest BCUT2D eigenvalue weighted by Gasteiger charge is -2.12. The van der Waals surface area contributed by atoms with Crippen LogP contribution in [0.1, 0.15) is 16.2 Å². The number of rotatable bonds is 9. The van der Waals surface area contributed by atoms with Crippen LogP contribution in [-0.4, -0.2) is 33.4 Å². The Morgan fingerprint density at radius 1 is 0.917 bits per heavy atom. The SMILES string of the molecule is COc1ccc(Cl)cc1C(=O)CSc1nnc(COc2cccc3ccccc23)n1-c1ccccc1. The first-order valence-corrected chi connectivity index (χ1v) is 12.6. The fourth-order valence-electron chi connectivity index (χ4n) is 3.89. The summed E-state index contributed by atoms with van der Waals surface area (Å²) >= 11 is 7.41. The van der Waals surface area contributed by atoms with Gasteiger partial charge in [0.25, 0.3) is 0 Å². The van der Waals surface area contributed by atoms with Gasteiger partial charge in [0.15, 0.2) is 16.8 Å². The van der Waals surface area contributed by atoms with Crippen LogP contribution in [0.2, 0.25) is 5.02 Å². The van der Waals surface area contributed by atoms with Crippen molar-refractivity contribution >= 4 is 39.9 Å². The van der Waals surface area contributed by atoms with Gasteiger partial charge in [0.1, 0.15) is 18.1 Å². The predicted molar refractivity (Wildman–Crippen MR) is 143 cm³/mol. The van der Waals surface area contributed by atoms with Gasteiger partial charge in [-0.15, -0.1) is 10.2 Å². The molecular weight excluding hydrogens is 494 g/mol. The van der Waals surface area contributed by atoms with Crippen LogP contribution in [0.15, 0.2) is 96.2 Å². The molecule has 5 rings (SSSR count). The minimum Gasteiger partial charge on any atom is -0.496 e. The van der Waals surface area contributed by atoms with Crippen molar-refractivity contribution < 1.29 is 14.3 Å². The van der Waals surface area contributed by atoms with E-state index in [0.717, 1.165) is 22.2 Å². The molecule has 1 aromatic heterocycles. The van der Waals surface area contributed by atoms with Crippen molar-refractivity contribution in [2.75, 3.05) is 12.9 Å². The van der Waals surface area contributed by atoms with Gasteiger partial charge in [-0.3, -0.25) is 9.36 Å². The van der Waals surface area contributed by atoms with Crippen LogP contribution in [0, 0.1) is 0 Å². The number of thioether (sulfide) groups is 1. The molecule has 0 saturated heterocycles. The molecule has 8 heteroatoms. The van der Waals surface area contributed by atoms with E-state index in [4.69, 9.17) is 21.1 Å². The van der Waals surface area contributed by atoms with Crippen LogP contribution in [0.25, 0.3) is 16.5 Å². The van der Waals surface area contributed by atoms with Crippen molar-refractivity contribution in [3.63, 3.8) is 0 Å². The van der Waals surface area contributed by atoms with Crippen LogP contribution in [-0.2, 0) is 6.61 Å². The van der Waals surface area contributed by atoms with Crippen molar-refractivity contribution in [1.82, 2.24) is 14.8 Å². The van der Waals surface area contributed by atoms with E-state index in [1.165, 1.54) is 18.9 Å². The van der Waals surface area contributed by atoms with E-state index in [1.54, 1.807) is 18.2 Å². The second-order valence-electron chi connectivity index (χ2n) is 7.89. The first-order chi connectivity index (χ1) is 17.6. The van der Waals surface area contributed by atoms with Gasteiger partial charge in [-0.2, -0.15) is 0 Å². The lowest BCUT2D eigenvalue weighted by atomic mass is 10.1. The molecule has 4 aromatic carbocycles. The summed E-state index contributed by atoms with van der Waals surface area (Å²) in [7, 11) is 1.53. The molecular formula is C28H22ClN3O3S. The third kappa shape index (κ3) is 5.08. The topological polar surface area (TPSA) is 66.2 Å². The van der Waals surface area contributed by atoms with Crippen molar-refractivity contribution in [3.05, 3.63) is 107 Å². The molecule has 0 amide bonds. The van der Waals surface area contributed by atoms with Gasteiger partial charge in [0.05, 0.1) is 18.4 Å². The molecule has 36 heavy (non-hydrogen) atoms. The number of aromatic nitrogens is 3. The Bertz CT molecular complexity index is 1520. The monoisotopic (exact) mass is 515 g/mol. The summed E-state index contributed by atoms with van der Waals surface area (Å²) in [6.07, 6.45) is 0. The number of fused-ring (bicyclic) bond motifs is 1. The van der Waals surface area contributed by atoms with E-state index in [2.05, 4.69) is 22.3 Å². The third-order valence-corrected chi connectivity index (χ3v) is 6.78. The van der Waals surface area contributed by atoms with Gasteiger partial charge in [-0.05, 0) is 41.8 Å². The van der Waals surface area contributed by atoms with E-state index < -0.39 is 0 Å². The normalized spacial score (nSPS) is 10.9. The second kappa shape index (κ2) is 10.8. The Hall–Kier alpha value is -3.81. The highest BCUT2D eigenvalue weighted by atomic mass is 35.5. The summed E-state index contributed by atoms with van der Waals surface area (Å²) in [6.45, 7) is 0.215. The van der Waals surface area contributed by atoms with Crippen molar-refractivity contribution in [2.45, 2.75) is 11.8 Å². The molecule has 0 atom stereocenters. The highest BCUT2D eigenvalue weighted by Gasteiger charge is 2.19. The number of halogens is 1. The van der Waals surface area contributed by atoms with Crippen LogP contribution in [0.3, 0.4) is 0 Å². The molecule has 0 fully saturated rings. The number of ketones is 1. The minimum atomic E-state index is -0.115. The Morgan fingerprint density at radius 3 is 2.53 bits per heavy atom. The largest absolute Gasteiger partial charge is 0.496 e. The molecule has 6 nitrogen and oxygen atoms in total. The predicted octanol–water partition coefficient (Wildman–Crippen LogP) is 6.64. The number of benzene rings is 4. The molecule has 0 radical (unpaired) electrons. The average molecular weight is 516 g/mol. The van der Waals surface area contributed by atoms with E-state index in [1.807, 2.05) is 65.2 Å². The van der Waals surface area contributed by atoms with Crippen molar-refractivity contribution in [3.8, 4) is 17.2 Å². The number of carbonyl (C=O) groups excluding carboxylic acids is 1. The molecule has 0 aliphatic carbocycles. The number of ether oxygens (including phenoxy) is 2. The number of methoxy groups -OCH3 is 1. The number of carbonyl (C=O) groups is 1. The van der Waals surface area contributed by atoms with Gasteiger partial charge in [0.2, 0.25) is 0 Å². The third-order valence-electron chi connectivity index (χ3n) is 5.62. The van der Waals surface area contributed by atoms with Crippen molar-refractivity contribution in [1.29, 1.82) is 0 Å². The second-order valence-corrected chi connectivity index (χ2v) is 9.27. The van der Waals surface area contributed by atoms with Gasteiger partial charge in [-0.25, -0.2) is 0 Å². The molecule has 1 heterocycles. The summed E-state index contributed by atoms with van der Waals surface area (Å²) in [6, 6.07) is 28.8. The molecule has 0 aliphatic rings. The highest BCUT2D eigenvalue weighted by Crippen LogP contribution is 2.29. The van der Waals surface area contributed by atoms with Gasteiger partial charge in [0, 0.05) is 16.1 Å². The summed E-state index contributed by atoms with van der Waals surface area (Å²) in [5, 5.41) is 12.0. The summed E-state index contributed by atoms with van der Waals surface area (Å²) in [5.41, 5.74) is 1.32. The highest BCUT2D eigenvalue weighted by molar-refractivity contribution is 7.99. The molecule has 0 aliphatic heterocycles. The lowest BCUT2D eigenvalue weighted by Crippen LogP contribution is -2.09. The van der Waals surface area contributed by atoms with E-state index in [-0.39, 0.29) is 18.1 Å². The number of Topliss-reactive ketones (excluding diaryl/α,β-unsaturated/α-hetero) is 1. The van der Waals surface area contributed by atoms with Gasteiger partial charge >= 0.3 is 0 Å². The Balaban J connectivity index is 1.40. The lowest BCUT2D eigenvalue weighted by molar-refractivity contribution is 0.101. The average Bonchev–Trinajstić information content (AvgIpc) is 3.33. The fraction of sp³-hybridized carbons (Fsp3) is 0.107. The molecule has 0 saturated carbocycles. The number of para-hydroxylation sites is 1. The van der Waals surface area contributed by atoms with E-state index in [9.17, 15) is 4.79 Å². The molecule has 0 unspecified atom stereocenters. The van der Waals surface area contributed by atoms with Crippen molar-refractivity contribution in [2.24, 2.45) is 0 Å². The quantitative estimate of drug-likeness (QED) is 0.162. The van der Waals surface area contributed by atoms with E-state index >= 15 is 0 Å². The maximum absolute atomic E-state index is 13.0. The van der Waals surface area contributed by atoms with E-state index in [0.29, 0.717) is 27.3 Å². The molecule has 0 N–H and O–H groups in total. The molecule has 0 spiro atoms. The van der Waals surface area contributed by atoms with Crippen LogP contribution in [0.4, 0.5) is 0 Å². The smallest absolute Gasteiger partial charge is 0.196 e. The van der Waals surface area contributed by atoms with Crippen LogP contribution >= 0.6 is 23.4 Å². The Kier molecular flexibility index (Phi) is 7.21. The number of nitrogens with zero attached hydrogens (tertiary/aromatic N) is 3. The molecule has 180 valence electrons. The Morgan fingerprint density at radius 2 is 1.69 bits per heavy atom. The number of hydrogen-bond donors (Lipinski definition) is 0. The first kappa shape index (κ1) is 23.9. The maximum atomic E-state index is 13.0. The first-order valence-electron chi connectivity index (χ1n) is 11.2.